The maximum atomic E-state index is 9.18. The number of rotatable bonds is 2. The summed E-state index contributed by atoms with van der Waals surface area (Å²) in [5, 5.41) is 38.3. The highest BCUT2D eigenvalue weighted by molar-refractivity contribution is 5.85. The molecule has 1 heterocycles. The molecule has 1 aliphatic rings. The van der Waals surface area contributed by atoms with E-state index in [0.29, 0.717) is 0 Å². The van der Waals surface area contributed by atoms with Crippen LogP contribution in [0.15, 0.2) is 0 Å². The highest BCUT2D eigenvalue weighted by Crippen LogP contribution is 2.13. The standard InChI is InChI=1S/C6H13NO4.ClH/c8-1-3-5(10)6(11)4(2-9)7-3;/h3-11H,1-2H2;1H/t3-,4-,5-,6?;/m1./s1. The van der Waals surface area contributed by atoms with Crippen molar-refractivity contribution in [1.29, 1.82) is 0 Å². The second kappa shape index (κ2) is 4.96. The van der Waals surface area contributed by atoms with E-state index in [1.54, 1.807) is 0 Å². The first kappa shape index (κ1) is 12.1. The lowest BCUT2D eigenvalue weighted by Gasteiger charge is -2.12. The van der Waals surface area contributed by atoms with Gasteiger partial charge in [0.2, 0.25) is 0 Å². The molecular weight excluding hydrogens is 186 g/mol. The molecule has 0 aromatic heterocycles. The number of halogens is 1. The summed E-state index contributed by atoms with van der Waals surface area (Å²) in [6.07, 6.45) is -1.98. The summed E-state index contributed by atoms with van der Waals surface area (Å²) in [5.41, 5.74) is 0. The Kier molecular flexibility index (Phi) is 5.00. The van der Waals surface area contributed by atoms with Crippen molar-refractivity contribution in [3.8, 4) is 0 Å². The zero-order valence-corrected chi connectivity index (χ0v) is 7.24. The first-order valence-corrected chi connectivity index (χ1v) is 3.54. The lowest BCUT2D eigenvalue weighted by molar-refractivity contribution is 0.0130. The predicted molar refractivity (Wildman–Crippen MR) is 44.1 cm³/mol. The summed E-state index contributed by atoms with van der Waals surface area (Å²) < 4.78 is 0. The Bertz CT molecular complexity index is 119. The Morgan fingerprint density at radius 1 is 0.917 bits per heavy atom. The van der Waals surface area contributed by atoms with Crippen LogP contribution < -0.4 is 5.32 Å². The van der Waals surface area contributed by atoms with Gasteiger partial charge in [0.1, 0.15) is 0 Å². The highest BCUT2D eigenvalue weighted by atomic mass is 35.5. The number of aliphatic hydroxyl groups is 4. The van der Waals surface area contributed by atoms with Gasteiger partial charge in [-0.2, -0.15) is 0 Å². The minimum atomic E-state index is -0.989. The van der Waals surface area contributed by atoms with Crippen LogP contribution in [0.3, 0.4) is 0 Å². The van der Waals surface area contributed by atoms with Crippen LogP contribution >= 0.6 is 12.4 Å². The van der Waals surface area contributed by atoms with E-state index in [-0.39, 0.29) is 25.6 Å². The summed E-state index contributed by atoms with van der Waals surface area (Å²) in [4.78, 5) is 0. The van der Waals surface area contributed by atoms with Crippen molar-refractivity contribution in [2.24, 2.45) is 0 Å². The van der Waals surface area contributed by atoms with Gasteiger partial charge in [-0.3, -0.25) is 0 Å². The highest BCUT2D eigenvalue weighted by Gasteiger charge is 2.39. The van der Waals surface area contributed by atoms with Crippen LogP contribution in [0.25, 0.3) is 0 Å². The molecule has 74 valence electrons. The topological polar surface area (TPSA) is 93.0 Å². The minimum Gasteiger partial charge on any atom is -0.395 e. The summed E-state index contributed by atoms with van der Waals surface area (Å²) in [6.45, 7) is -0.483. The van der Waals surface area contributed by atoms with Crippen LogP contribution in [0.4, 0.5) is 0 Å². The SMILES string of the molecule is Cl.OC[C@H]1N[C@H](CO)[C@@H](O)C1O. The number of nitrogens with one attached hydrogen (secondary N) is 1. The predicted octanol–water partition coefficient (Wildman–Crippen LogP) is -2.54. The van der Waals surface area contributed by atoms with E-state index in [2.05, 4.69) is 5.32 Å². The van der Waals surface area contributed by atoms with Crippen LogP contribution in [0.2, 0.25) is 0 Å². The van der Waals surface area contributed by atoms with Crippen LogP contribution in [0, 0.1) is 0 Å². The Labute approximate surface area is 76.4 Å². The zero-order chi connectivity index (χ0) is 8.43. The molecule has 5 N–H and O–H groups in total. The van der Waals surface area contributed by atoms with Gasteiger partial charge in [0.05, 0.1) is 37.5 Å². The molecule has 1 unspecified atom stereocenters. The maximum Gasteiger partial charge on any atom is 0.0990 e. The first-order valence-electron chi connectivity index (χ1n) is 3.54. The molecule has 12 heavy (non-hydrogen) atoms. The molecule has 0 radical (unpaired) electrons. The molecule has 6 heteroatoms. The molecule has 0 bridgehead atoms. The van der Waals surface area contributed by atoms with Gasteiger partial charge in [-0.1, -0.05) is 0 Å². The van der Waals surface area contributed by atoms with Gasteiger partial charge in [-0.05, 0) is 0 Å². The fourth-order valence-corrected chi connectivity index (χ4v) is 1.27. The summed E-state index contributed by atoms with van der Waals surface area (Å²) in [7, 11) is 0. The van der Waals surface area contributed by atoms with Crippen molar-refractivity contribution in [3.63, 3.8) is 0 Å². The third-order valence-corrected chi connectivity index (χ3v) is 2.00. The van der Waals surface area contributed by atoms with E-state index in [1.165, 1.54) is 0 Å². The Balaban J connectivity index is 0.00000121. The molecule has 1 fully saturated rings. The first-order chi connectivity index (χ1) is 5.20. The average molecular weight is 200 g/mol. The number of aliphatic hydroxyl groups excluding tert-OH is 4. The molecule has 1 aliphatic heterocycles. The van der Waals surface area contributed by atoms with Gasteiger partial charge in [0.15, 0.2) is 0 Å². The maximum absolute atomic E-state index is 9.18. The Morgan fingerprint density at radius 2 is 1.25 bits per heavy atom. The molecule has 0 aromatic carbocycles. The number of hydrogen-bond acceptors (Lipinski definition) is 5. The summed E-state index contributed by atoms with van der Waals surface area (Å²) in [6, 6.07) is -1.05. The second-order valence-corrected chi connectivity index (χ2v) is 2.73. The third-order valence-electron chi connectivity index (χ3n) is 2.00. The summed E-state index contributed by atoms with van der Waals surface area (Å²) >= 11 is 0. The van der Waals surface area contributed by atoms with Gasteiger partial charge in [-0.15, -0.1) is 12.4 Å². The molecule has 0 spiro atoms. The van der Waals surface area contributed by atoms with Crippen molar-refractivity contribution < 1.29 is 20.4 Å². The smallest absolute Gasteiger partial charge is 0.0990 e. The quantitative estimate of drug-likeness (QED) is 0.338. The largest absolute Gasteiger partial charge is 0.395 e. The number of hydrogen-bond donors (Lipinski definition) is 5. The molecule has 0 saturated carbocycles. The van der Waals surface area contributed by atoms with Gasteiger partial charge in [0, 0.05) is 0 Å². The molecule has 1 rings (SSSR count). The van der Waals surface area contributed by atoms with Gasteiger partial charge in [0.25, 0.3) is 0 Å². The molecule has 0 aromatic rings. The second-order valence-electron chi connectivity index (χ2n) is 2.73. The van der Waals surface area contributed by atoms with Crippen LogP contribution in [-0.2, 0) is 0 Å². The molecular formula is C6H14ClNO4. The lowest BCUT2D eigenvalue weighted by atomic mass is 10.1. The molecule has 5 nitrogen and oxygen atoms in total. The van der Waals surface area contributed by atoms with Crippen LogP contribution in [0.5, 0.6) is 0 Å². The normalized spacial score (nSPS) is 41.0. The van der Waals surface area contributed by atoms with E-state index >= 15 is 0 Å². The van der Waals surface area contributed by atoms with E-state index in [4.69, 9.17) is 10.2 Å². The van der Waals surface area contributed by atoms with Crippen molar-refractivity contribution in [2.75, 3.05) is 13.2 Å². The van der Waals surface area contributed by atoms with E-state index in [9.17, 15) is 10.2 Å². The Morgan fingerprint density at radius 3 is 1.42 bits per heavy atom. The van der Waals surface area contributed by atoms with Gasteiger partial charge in [-0.25, -0.2) is 0 Å². The van der Waals surface area contributed by atoms with Gasteiger partial charge >= 0.3 is 0 Å². The molecule has 0 aliphatic carbocycles. The van der Waals surface area contributed by atoms with Crippen molar-refractivity contribution in [3.05, 3.63) is 0 Å². The molecule has 4 atom stereocenters. The molecule has 1 saturated heterocycles. The van der Waals surface area contributed by atoms with Crippen molar-refractivity contribution >= 4 is 12.4 Å². The van der Waals surface area contributed by atoms with Crippen LogP contribution in [0.1, 0.15) is 0 Å². The van der Waals surface area contributed by atoms with Crippen molar-refractivity contribution in [2.45, 2.75) is 24.3 Å². The van der Waals surface area contributed by atoms with E-state index in [1.807, 2.05) is 0 Å². The Hall–Kier alpha value is 0.0900. The monoisotopic (exact) mass is 199 g/mol. The van der Waals surface area contributed by atoms with Crippen molar-refractivity contribution in [1.82, 2.24) is 5.32 Å². The molecule has 0 amide bonds. The summed E-state index contributed by atoms with van der Waals surface area (Å²) in [5.74, 6) is 0. The van der Waals surface area contributed by atoms with E-state index in [0.717, 1.165) is 0 Å². The fraction of sp³-hybridized carbons (Fsp3) is 1.00. The van der Waals surface area contributed by atoms with Gasteiger partial charge < -0.3 is 25.7 Å². The lowest BCUT2D eigenvalue weighted by Crippen LogP contribution is -2.37. The fourth-order valence-electron chi connectivity index (χ4n) is 1.27. The third kappa shape index (κ3) is 2.07. The minimum absolute atomic E-state index is 0. The van der Waals surface area contributed by atoms with E-state index < -0.39 is 24.3 Å². The average Bonchev–Trinajstić information content (AvgIpc) is 2.30. The van der Waals surface area contributed by atoms with Crippen LogP contribution in [-0.4, -0.2) is 57.9 Å². The zero-order valence-electron chi connectivity index (χ0n) is 6.42.